The number of fused-ring (bicyclic) bond motifs is 1. The molecule has 1 aliphatic rings. The Kier molecular flexibility index (Phi) is 4.16. The largest absolute Gasteiger partial charge is 0.326 e. The van der Waals surface area contributed by atoms with Crippen molar-refractivity contribution in [3.8, 4) is 0 Å². The molecule has 22 heavy (non-hydrogen) atoms. The van der Waals surface area contributed by atoms with Crippen LogP contribution in [0.4, 0.5) is 0 Å². The van der Waals surface area contributed by atoms with Crippen molar-refractivity contribution in [1.82, 2.24) is 9.29 Å². The molecule has 3 rings (SSSR count). The first-order valence-electron chi connectivity index (χ1n) is 7.62. The number of hydrogen-bond donors (Lipinski definition) is 1. The summed E-state index contributed by atoms with van der Waals surface area (Å²) in [6.45, 7) is 2.42. The van der Waals surface area contributed by atoms with Crippen molar-refractivity contribution >= 4 is 20.8 Å². The molecule has 1 saturated heterocycles. The summed E-state index contributed by atoms with van der Waals surface area (Å²) in [5, 5.41) is 1.55. The van der Waals surface area contributed by atoms with E-state index in [9.17, 15) is 8.42 Å². The van der Waals surface area contributed by atoms with Gasteiger partial charge in [0.15, 0.2) is 0 Å². The molecule has 1 aromatic heterocycles. The molecule has 5 nitrogen and oxygen atoms in total. The Morgan fingerprint density at radius 2 is 2.14 bits per heavy atom. The van der Waals surface area contributed by atoms with Crippen LogP contribution in [0.1, 0.15) is 26.2 Å². The zero-order valence-corrected chi connectivity index (χ0v) is 13.5. The van der Waals surface area contributed by atoms with Crippen LogP contribution >= 0.6 is 0 Å². The molecule has 0 spiro atoms. The summed E-state index contributed by atoms with van der Waals surface area (Å²) in [4.78, 5) is 4.41. The maximum Gasteiger partial charge on any atom is 0.243 e. The zero-order chi connectivity index (χ0) is 15.7. The fourth-order valence-electron chi connectivity index (χ4n) is 3.20. The minimum atomic E-state index is -3.56. The smallest absolute Gasteiger partial charge is 0.243 e. The monoisotopic (exact) mass is 319 g/mol. The van der Waals surface area contributed by atoms with Crippen molar-refractivity contribution in [3.05, 3.63) is 36.7 Å². The molecular weight excluding hydrogens is 298 g/mol. The second-order valence-corrected chi connectivity index (χ2v) is 7.75. The van der Waals surface area contributed by atoms with Crippen molar-refractivity contribution in [3.63, 3.8) is 0 Å². The van der Waals surface area contributed by atoms with Gasteiger partial charge in [0.25, 0.3) is 0 Å². The quantitative estimate of drug-likeness (QED) is 0.940. The highest BCUT2D eigenvalue weighted by molar-refractivity contribution is 7.89. The molecular formula is C16H21N3O2S. The van der Waals surface area contributed by atoms with Gasteiger partial charge in [-0.05, 0) is 31.9 Å². The number of piperidine rings is 1. The third kappa shape index (κ3) is 2.62. The third-order valence-electron chi connectivity index (χ3n) is 4.33. The van der Waals surface area contributed by atoms with E-state index in [4.69, 9.17) is 5.73 Å². The van der Waals surface area contributed by atoms with E-state index < -0.39 is 10.0 Å². The molecule has 2 atom stereocenters. The Bertz CT molecular complexity index is 769. The molecule has 0 saturated carbocycles. The van der Waals surface area contributed by atoms with Gasteiger partial charge >= 0.3 is 0 Å². The zero-order valence-electron chi connectivity index (χ0n) is 12.6. The van der Waals surface area contributed by atoms with Gasteiger partial charge in [-0.1, -0.05) is 18.6 Å². The lowest BCUT2D eigenvalue weighted by Gasteiger charge is -2.37. The van der Waals surface area contributed by atoms with Crippen LogP contribution in [-0.2, 0) is 10.0 Å². The van der Waals surface area contributed by atoms with Gasteiger partial charge in [-0.15, -0.1) is 0 Å². The van der Waals surface area contributed by atoms with Crippen LogP contribution in [-0.4, -0.2) is 36.3 Å². The predicted octanol–water partition coefficient (Wildman–Crippen LogP) is 2.13. The van der Waals surface area contributed by atoms with E-state index in [2.05, 4.69) is 4.98 Å². The maximum atomic E-state index is 13.2. The van der Waals surface area contributed by atoms with E-state index in [0.717, 1.165) is 24.6 Å². The van der Waals surface area contributed by atoms with Gasteiger partial charge in [-0.2, -0.15) is 4.31 Å². The number of aromatic nitrogens is 1. The number of sulfonamides is 1. The summed E-state index contributed by atoms with van der Waals surface area (Å²) in [5.74, 6) is 0. The highest BCUT2D eigenvalue weighted by atomic mass is 32.2. The van der Waals surface area contributed by atoms with Gasteiger partial charge in [0.1, 0.15) is 0 Å². The van der Waals surface area contributed by atoms with E-state index in [1.54, 1.807) is 34.9 Å². The fraction of sp³-hybridized carbons (Fsp3) is 0.438. The van der Waals surface area contributed by atoms with Crippen molar-refractivity contribution in [2.24, 2.45) is 5.73 Å². The van der Waals surface area contributed by atoms with Gasteiger partial charge in [-0.25, -0.2) is 8.42 Å². The van der Waals surface area contributed by atoms with Crippen LogP contribution in [0, 0.1) is 0 Å². The minimum absolute atomic E-state index is 0.129. The van der Waals surface area contributed by atoms with Gasteiger partial charge in [0.2, 0.25) is 10.0 Å². The molecule has 2 heterocycles. The molecule has 0 bridgehead atoms. The molecule has 0 radical (unpaired) electrons. The summed E-state index contributed by atoms with van der Waals surface area (Å²) in [6, 6.07) is 6.77. The van der Waals surface area contributed by atoms with Gasteiger partial charge < -0.3 is 5.73 Å². The van der Waals surface area contributed by atoms with Crippen LogP contribution in [0.3, 0.4) is 0 Å². The lowest BCUT2D eigenvalue weighted by molar-refractivity contribution is 0.227. The topological polar surface area (TPSA) is 76.3 Å². The Morgan fingerprint density at radius 3 is 2.91 bits per heavy atom. The summed E-state index contributed by atoms with van der Waals surface area (Å²) < 4.78 is 27.9. The van der Waals surface area contributed by atoms with E-state index in [-0.39, 0.29) is 12.1 Å². The third-order valence-corrected chi connectivity index (χ3v) is 6.32. The second-order valence-electron chi connectivity index (χ2n) is 5.89. The molecule has 1 aliphatic heterocycles. The molecule has 1 aromatic carbocycles. The van der Waals surface area contributed by atoms with Crippen molar-refractivity contribution in [2.75, 3.05) is 6.54 Å². The van der Waals surface area contributed by atoms with Crippen LogP contribution < -0.4 is 5.73 Å². The van der Waals surface area contributed by atoms with Gasteiger partial charge in [-0.3, -0.25) is 4.98 Å². The summed E-state index contributed by atoms with van der Waals surface area (Å²) in [7, 11) is -3.56. The van der Waals surface area contributed by atoms with E-state index >= 15 is 0 Å². The van der Waals surface area contributed by atoms with Crippen molar-refractivity contribution in [2.45, 2.75) is 43.2 Å². The summed E-state index contributed by atoms with van der Waals surface area (Å²) in [5.41, 5.74) is 6.03. The Labute approximate surface area is 131 Å². The van der Waals surface area contributed by atoms with Crippen molar-refractivity contribution in [1.29, 1.82) is 0 Å². The average Bonchev–Trinajstić information content (AvgIpc) is 2.54. The lowest BCUT2D eigenvalue weighted by Crippen LogP contribution is -2.51. The van der Waals surface area contributed by atoms with Gasteiger partial charge in [0, 0.05) is 41.8 Å². The number of nitrogens with two attached hydrogens (primary N) is 1. The molecule has 2 N–H and O–H groups in total. The summed E-state index contributed by atoms with van der Waals surface area (Å²) >= 11 is 0. The highest BCUT2D eigenvalue weighted by Gasteiger charge is 2.35. The molecule has 118 valence electrons. The Morgan fingerprint density at radius 1 is 1.32 bits per heavy atom. The molecule has 0 aliphatic carbocycles. The Balaban J connectivity index is 2.11. The van der Waals surface area contributed by atoms with E-state index in [0.29, 0.717) is 16.8 Å². The normalized spacial score (nSPS) is 21.8. The number of hydrogen-bond acceptors (Lipinski definition) is 4. The first kappa shape index (κ1) is 15.4. The van der Waals surface area contributed by atoms with Gasteiger partial charge in [0.05, 0.1) is 4.90 Å². The maximum absolute atomic E-state index is 13.2. The number of nitrogens with zero attached hydrogens (tertiary/aromatic N) is 2. The number of pyridine rings is 1. The SMILES string of the molecule is C[C@H](N)[C@H]1CCCCN1S(=O)(=O)c1cccc2cnccc12. The van der Waals surface area contributed by atoms with Crippen LogP contribution in [0.15, 0.2) is 41.6 Å². The standard InChI is InChI=1S/C16H21N3O2S/c1-12(17)15-6-2-3-10-19(15)22(20,21)16-7-4-5-13-11-18-9-8-14(13)16/h4-5,7-9,11-12,15H,2-3,6,10,17H2,1H3/t12-,15+/m0/s1. The molecule has 2 aromatic rings. The molecule has 0 amide bonds. The second kappa shape index (κ2) is 5.95. The highest BCUT2D eigenvalue weighted by Crippen LogP contribution is 2.30. The molecule has 6 heteroatoms. The average molecular weight is 319 g/mol. The number of benzene rings is 1. The van der Waals surface area contributed by atoms with Crippen LogP contribution in [0.25, 0.3) is 10.8 Å². The van der Waals surface area contributed by atoms with Crippen molar-refractivity contribution < 1.29 is 8.42 Å². The molecule has 0 unspecified atom stereocenters. The van der Waals surface area contributed by atoms with Crippen LogP contribution in [0.2, 0.25) is 0 Å². The number of rotatable bonds is 3. The summed E-state index contributed by atoms with van der Waals surface area (Å²) in [6.07, 6.45) is 6.05. The molecule has 1 fully saturated rings. The van der Waals surface area contributed by atoms with Crippen LogP contribution in [0.5, 0.6) is 0 Å². The lowest BCUT2D eigenvalue weighted by atomic mass is 10.00. The predicted molar refractivity (Wildman–Crippen MR) is 86.9 cm³/mol. The first-order chi connectivity index (χ1) is 10.5. The first-order valence-corrected chi connectivity index (χ1v) is 9.06. The van der Waals surface area contributed by atoms with E-state index in [1.165, 1.54) is 0 Å². The minimum Gasteiger partial charge on any atom is -0.326 e. The Hall–Kier alpha value is -1.50. The fourth-order valence-corrected chi connectivity index (χ4v) is 5.19. The van der Waals surface area contributed by atoms with E-state index in [1.807, 2.05) is 13.0 Å².